The van der Waals surface area contributed by atoms with Crippen LogP contribution in [0.2, 0.25) is 0 Å². The molecule has 0 radical (unpaired) electrons. The standard InChI is InChI=1S/C23H28N6O/c1-2-24-23(25-13-18-6-5-8-19(12-18)22-27-16-28-29-22)26-14-20-7-3-4-9-21(20)30-15-17-10-11-17/h3-9,12,16-17H,2,10-11,13-15H2,1H3,(H2,24,25,26)(H,27,28,29). The second-order valence-corrected chi connectivity index (χ2v) is 7.45. The highest BCUT2D eigenvalue weighted by atomic mass is 16.5. The van der Waals surface area contributed by atoms with E-state index < -0.39 is 0 Å². The van der Waals surface area contributed by atoms with Gasteiger partial charge in [-0.05, 0) is 43.4 Å². The molecule has 1 saturated carbocycles. The first-order valence-corrected chi connectivity index (χ1v) is 10.5. The summed E-state index contributed by atoms with van der Waals surface area (Å²) in [6, 6.07) is 16.4. The highest BCUT2D eigenvalue weighted by molar-refractivity contribution is 5.79. The number of hydrogen-bond acceptors (Lipinski definition) is 4. The van der Waals surface area contributed by atoms with Gasteiger partial charge >= 0.3 is 0 Å². The Morgan fingerprint density at radius 1 is 1.17 bits per heavy atom. The van der Waals surface area contributed by atoms with Crippen LogP contribution in [0.25, 0.3) is 11.4 Å². The maximum atomic E-state index is 6.02. The molecule has 7 nitrogen and oxygen atoms in total. The third-order valence-electron chi connectivity index (χ3n) is 4.97. The van der Waals surface area contributed by atoms with Crippen LogP contribution >= 0.6 is 0 Å². The van der Waals surface area contributed by atoms with Crippen LogP contribution in [0.3, 0.4) is 0 Å². The number of para-hydroxylation sites is 1. The average Bonchev–Trinajstić information content (AvgIpc) is 3.45. The lowest BCUT2D eigenvalue weighted by Crippen LogP contribution is -2.36. The van der Waals surface area contributed by atoms with Gasteiger partial charge < -0.3 is 15.4 Å². The second-order valence-electron chi connectivity index (χ2n) is 7.45. The van der Waals surface area contributed by atoms with Crippen molar-refractivity contribution in [3.8, 4) is 17.1 Å². The third-order valence-corrected chi connectivity index (χ3v) is 4.97. The SMILES string of the molecule is CCNC(=NCc1cccc(-c2ncn[nH]2)c1)NCc1ccccc1OCC1CC1. The van der Waals surface area contributed by atoms with Crippen LogP contribution in [-0.4, -0.2) is 34.3 Å². The minimum Gasteiger partial charge on any atom is -0.493 e. The van der Waals surface area contributed by atoms with Crippen molar-refractivity contribution in [1.82, 2.24) is 25.8 Å². The number of aromatic nitrogens is 3. The number of aliphatic imine (C=N–C) groups is 1. The average molecular weight is 405 g/mol. The van der Waals surface area contributed by atoms with E-state index in [1.54, 1.807) is 0 Å². The molecule has 0 saturated heterocycles. The van der Waals surface area contributed by atoms with Crippen LogP contribution in [0.5, 0.6) is 5.75 Å². The van der Waals surface area contributed by atoms with E-state index in [0.717, 1.165) is 53.3 Å². The molecule has 0 atom stereocenters. The molecule has 1 aliphatic carbocycles. The van der Waals surface area contributed by atoms with Crippen LogP contribution in [-0.2, 0) is 13.1 Å². The van der Waals surface area contributed by atoms with Gasteiger partial charge in [0.25, 0.3) is 0 Å². The van der Waals surface area contributed by atoms with Crippen LogP contribution in [0.1, 0.15) is 30.9 Å². The Balaban J connectivity index is 1.39. The van der Waals surface area contributed by atoms with E-state index in [2.05, 4.69) is 50.9 Å². The molecule has 0 unspecified atom stereocenters. The van der Waals surface area contributed by atoms with Crippen molar-refractivity contribution in [1.29, 1.82) is 0 Å². The van der Waals surface area contributed by atoms with Gasteiger partial charge in [-0.1, -0.05) is 36.4 Å². The summed E-state index contributed by atoms with van der Waals surface area (Å²) < 4.78 is 6.02. The summed E-state index contributed by atoms with van der Waals surface area (Å²) in [5.74, 6) is 3.22. The summed E-state index contributed by atoms with van der Waals surface area (Å²) in [5.41, 5.74) is 3.24. The lowest BCUT2D eigenvalue weighted by atomic mass is 10.1. The smallest absolute Gasteiger partial charge is 0.191 e. The van der Waals surface area contributed by atoms with E-state index in [-0.39, 0.29) is 0 Å². The molecule has 1 aliphatic rings. The lowest BCUT2D eigenvalue weighted by molar-refractivity contribution is 0.296. The maximum Gasteiger partial charge on any atom is 0.191 e. The van der Waals surface area contributed by atoms with E-state index in [4.69, 9.17) is 9.73 Å². The number of nitrogens with one attached hydrogen (secondary N) is 3. The monoisotopic (exact) mass is 404 g/mol. The lowest BCUT2D eigenvalue weighted by Gasteiger charge is -2.14. The quantitative estimate of drug-likeness (QED) is 0.375. The highest BCUT2D eigenvalue weighted by Gasteiger charge is 2.22. The summed E-state index contributed by atoms with van der Waals surface area (Å²) in [5, 5.41) is 13.6. The molecule has 3 aromatic rings. The zero-order chi connectivity index (χ0) is 20.6. The highest BCUT2D eigenvalue weighted by Crippen LogP contribution is 2.30. The normalized spacial score (nSPS) is 13.8. The van der Waals surface area contributed by atoms with Crippen molar-refractivity contribution in [3.63, 3.8) is 0 Å². The minimum absolute atomic E-state index is 0.567. The summed E-state index contributed by atoms with van der Waals surface area (Å²) in [4.78, 5) is 8.96. The predicted octanol–water partition coefficient (Wildman–Crippen LogP) is 3.52. The fourth-order valence-corrected chi connectivity index (χ4v) is 3.14. The second kappa shape index (κ2) is 9.91. The van der Waals surface area contributed by atoms with Gasteiger partial charge in [0.05, 0.1) is 13.2 Å². The molecule has 0 amide bonds. The van der Waals surface area contributed by atoms with Gasteiger partial charge in [0.2, 0.25) is 0 Å². The van der Waals surface area contributed by atoms with Gasteiger partial charge in [0, 0.05) is 24.2 Å². The number of rotatable bonds is 9. The minimum atomic E-state index is 0.567. The molecule has 2 aromatic carbocycles. The maximum absolute atomic E-state index is 6.02. The van der Waals surface area contributed by atoms with Crippen LogP contribution in [0.15, 0.2) is 59.9 Å². The molecule has 0 spiro atoms. The third kappa shape index (κ3) is 5.59. The molecule has 1 aromatic heterocycles. The van der Waals surface area contributed by atoms with Gasteiger partial charge in [-0.25, -0.2) is 9.98 Å². The molecule has 156 valence electrons. The van der Waals surface area contributed by atoms with Gasteiger partial charge in [0.1, 0.15) is 12.1 Å². The molecule has 1 heterocycles. The molecular formula is C23H28N6O. The zero-order valence-electron chi connectivity index (χ0n) is 17.3. The van der Waals surface area contributed by atoms with Crippen LogP contribution in [0.4, 0.5) is 0 Å². The Morgan fingerprint density at radius 2 is 2.07 bits per heavy atom. The van der Waals surface area contributed by atoms with Crippen molar-refractivity contribution in [3.05, 3.63) is 66.0 Å². The molecule has 1 fully saturated rings. The Labute approximate surface area is 177 Å². The van der Waals surface area contributed by atoms with E-state index in [1.807, 2.05) is 30.3 Å². The van der Waals surface area contributed by atoms with Gasteiger partial charge in [-0.15, -0.1) is 0 Å². The van der Waals surface area contributed by atoms with Crippen LogP contribution < -0.4 is 15.4 Å². The van der Waals surface area contributed by atoms with Crippen molar-refractivity contribution in [2.75, 3.05) is 13.2 Å². The number of ether oxygens (including phenoxy) is 1. The van der Waals surface area contributed by atoms with E-state index in [9.17, 15) is 0 Å². The number of aromatic amines is 1. The molecule has 30 heavy (non-hydrogen) atoms. The molecular weight excluding hydrogens is 376 g/mol. The van der Waals surface area contributed by atoms with Crippen molar-refractivity contribution in [2.24, 2.45) is 10.9 Å². The fourth-order valence-electron chi connectivity index (χ4n) is 3.14. The first-order chi connectivity index (χ1) is 14.8. The van der Waals surface area contributed by atoms with E-state index >= 15 is 0 Å². The molecule has 4 rings (SSSR count). The fraction of sp³-hybridized carbons (Fsp3) is 0.348. The zero-order valence-corrected chi connectivity index (χ0v) is 17.3. The Morgan fingerprint density at radius 3 is 2.87 bits per heavy atom. The molecule has 7 heteroatoms. The van der Waals surface area contributed by atoms with Gasteiger partial charge in [-0.2, -0.15) is 5.10 Å². The number of benzene rings is 2. The number of nitrogens with zero attached hydrogens (tertiary/aromatic N) is 3. The largest absolute Gasteiger partial charge is 0.493 e. The van der Waals surface area contributed by atoms with Gasteiger partial charge in [0.15, 0.2) is 11.8 Å². The molecule has 0 bridgehead atoms. The Kier molecular flexibility index (Phi) is 6.59. The van der Waals surface area contributed by atoms with Gasteiger partial charge in [-0.3, -0.25) is 5.10 Å². The van der Waals surface area contributed by atoms with Crippen molar-refractivity contribution in [2.45, 2.75) is 32.9 Å². The van der Waals surface area contributed by atoms with Crippen molar-refractivity contribution >= 4 is 5.96 Å². The van der Waals surface area contributed by atoms with E-state index in [1.165, 1.54) is 19.2 Å². The number of guanidine groups is 1. The first kappa shape index (κ1) is 19.9. The topological polar surface area (TPSA) is 87.2 Å². The van der Waals surface area contributed by atoms with Crippen molar-refractivity contribution < 1.29 is 4.74 Å². The van der Waals surface area contributed by atoms with E-state index in [0.29, 0.717) is 13.1 Å². The Bertz CT molecular complexity index is 965. The Hall–Kier alpha value is -3.35. The molecule has 0 aliphatic heterocycles. The number of hydrogen-bond donors (Lipinski definition) is 3. The summed E-state index contributed by atoms with van der Waals surface area (Å²) in [6.45, 7) is 4.90. The first-order valence-electron chi connectivity index (χ1n) is 10.5. The summed E-state index contributed by atoms with van der Waals surface area (Å²) >= 11 is 0. The molecule has 3 N–H and O–H groups in total. The predicted molar refractivity (Wildman–Crippen MR) is 118 cm³/mol. The number of H-pyrrole nitrogens is 1. The van der Waals surface area contributed by atoms with Crippen LogP contribution in [0, 0.1) is 5.92 Å². The summed E-state index contributed by atoms with van der Waals surface area (Å²) in [7, 11) is 0. The summed E-state index contributed by atoms with van der Waals surface area (Å²) in [6.07, 6.45) is 4.09.